The molecule has 6 aromatic rings. The molecule has 0 fully saturated rings. The number of carbonyl (C=O) groups is 1. The van der Waals surface area contributed by atoms with Crippen LogP contribution >= 0.6 is 0 Å². The summed E-state index contributed by atoms with van der Waals surface area (Å²) in [7, 11) is -7.87. The van der Waals surface area contributed by atoms with Crippen molar-refractivity contribution in [2.24, 2.45) is 5.14 Å². The minimum Gasteiger partial charge on any atom is -0.489 e. The second-order valence-corrected chi connectivity index (χ2v) is 15.1. The van der Waals surface area contributed by atoms with Crippen LogP contribution in [-0.2, 0) is 38.1 Å². The third-order valence-corrected chi connectivity index (χ3v) is 9.97. The molecule has 276 valence electrons. The molecule has 0 bridgehead atoms. The lowest BCUT2D eigenvalue weighted by atomic mass is 10.1. The Morgan fingerprint density at radius 1 is 0.623 bits per heavy atom. The van der Waals surface area contributed by atoms with E-state index in [1.807, 2.05) is 114 Å². The van der Waals surface area contributed by atoms with Crippen molar-refractivity contribution >= 4 is 26.0 Å². The van der Waals surface area contributed by atoms with E-state index in [1.54, 1.807) is 20.8 Å². The smallest absolute Gasteiger partial charge is 0.297 e. The summed E-state index contributed by atoms with van der Waals surface area (Å²) >= 11 is 0. The van der Waals surface area contributed by atoms with E-state index in [-0.39, 0.29) is 29.8 Å². The van der Waals surface area contributed by atoms with Crippen molar-refractivity contribution in [3.63, 3.8) is 0 Å². The van der Waals surface area contributed by atoms with Crippen LogP contribution < -0.4 is 19.3 Å². The monoisotopic (exact) mass is 756 g/mol. The molecule has 6 rings (SSSR count). The summed E-state index contributed by atoms with van der Waals surface area (Å²) in [5, 5.41) is 4.51. The molecule has 0 saturated carbocycles. The van der Waals surface area contributed by atoms with E-state index in [4.69, 9.17) is 23.4 Å². The van der Waals surface area contributed by atoms with Gasteiger partial charge in [0.05, 0.1) is 0 Å². The molecule has 13 heteroatoms. The Morgan fingerprint density at radius 2 is 1.02 bits per heavy atom. The highest BCUT2D eigenvalue weighted by atomic mass is 32.2. The lowest BCUT2D eigenvalue weighted by Gasteiger charge is -2.07. The Morgan fingerprint density at radius 3 is 1.42 bits per heavy atom. The molecule has 3 N–H and O–H groups in total. The zero-order valence-electron chi connectivity index (χ0n) is 29.4. The van der Waals surface area contributed by atoms with Crippen LogP contribution in [0.5, 0.6) is 11.5 Å². The summed E-state index contributed by atoms with van der Waals surface area (Å²) < 4.78 is 71.1. The van der Waals surface area contributed by atoms with E-state index < -0.39 is 26.0 Å². The highest BCUT2D eigenvalue weighted by Crippen LogP contribution is 2.26. The van der Waals surface area contributed by atoms with Gasteiger partial charge in [0.2, 0.25) is 16.1 Å². The Hall–Kier alpha value is -5.63. The maximum atomic E-state index is 12.3. The lowest BCUT2D eigenvalue weighted by Crippen LogP contribution is -2.29. The lowest BCUT2D eigenvalue weighted by molar-refractivity contribution is -0.119. The number of sulfonamides is 2. The summed E-state index contributed by atoms with van der Waals surface area (Å²) in [6, 6.07) is 38.2. The average molecular weight is 757 g/mol. The number of hydrogen-bond donors (Lipinski definition) is 2. The number of ether oxygens (including phenoxy) is 2. The van der Waals surface area contributed by atoms with Crippen molar-refractivity contribution in [3.05, 3.63) is 144 Å². The van der Waals surface area contributed by atoms with E-state index in [1.165, 1.54) is 12.1 Å². The van der Waals surface area contributed by atoms with Gasteiger partial charge >= 0.3 is 0 Å². The van der Waals surface area contributed by atoms with Gasteiger partial charge in [-0.05, 0) is 66.8 Å². The van der Waals surface area contributed by atoms with Crippen molar-refractivity contribution < 1.29 is 39.9 Å². The van der Waals surface area contributed by atoms with Crippen LogP contribution in [0.2, 0.25) is 0 Å². The normalized spacial score (nSPS) is 11.3. The standard InChI is InChI=1S/C22H23NO5S.C18H17NO4S/c1-3-7-21(24)23-29(25,26)22-14-19(16(2)28-22)15-27-20-12-10-18(11-13-20)17-8-5-4-6-9-17;1-13-16(11-18(23-13)24(19,20)21)12-22-17-9-7-15(8-10-17)14-5-3-2-4-6-14/h4-6,8-14H,3,7,15H2,1-2H3,(H,23,24);2-11H,12H2,1H3,(H2,19,20,21). The van der Waals surface area contributed by atoms with Gasteiger partial charge < -0.3 is 18.3 Å². The van der Waals surface area contributed by atoms with Crippen molar-refractivity contribution in [1.29, 1.82) is 0 Å². The minimum atomic E-state index is -4.02. The van der Waals surface area contributed by atoms with Gasteiger partial charge in [-0.2, -0.15) is 8.42 Å². The second kappa shape index (κ2) is 17.3. The predicted molar refractivity (Wildman–Crippen MR) is 201 cm³/mol. The molecule has 2 aromatic heterocycles. The van der Waals surface area contributed by atoms with E-state index >= 15 is 0 Å². The first kappa shape index (κ1) is 38.6. The maximum absolute atomic E-state index is 12.3. The summed E-state index contributed by atoms with van der Waals surface area (Å²) in [4.78, 5) is 11.6. The molecule has 0 aliphatic carbocycles. The fourth-order valence-electron chi connectivity index (χ4n) is 5.09. The van der Waals surface area contributed by atoms with Crippen LogP contribution in [0.15, 0.2) is 140 Å². The van der Waals surface area contributed by atoms with Crippen LogP contribution in [-0.4, -0.2) is 22.7 Å². The third kappa shape index (κ3) is 10.7. The van der Waals surface area contributed by atoms with Crippen LogP contribution in [0.3, 0.4) is 0 Å². The van der Waals surface area contributed by atoms with Gasteiger partial charge in [0.25, 0.3) is 20.0 Å². The van der Waals surface area contributed by atoms with E-state index in [9.17, 15) is 21.6 Å². The Balaban J connectivity index is 0.000000208. The number of rotatable bonds is 13. The van der Waals surface area contributed by atoms with Gasteiger partial charge in [0.1, 0.15) is 36.2 Å². The molecule has 0 aliphatic rings. The van der Waals surface area contributed by atoms with E-state index in [0.717, 1.165) is 22.3 Å². The molecule has 2 heterocycles. The molecule has 0 aliphatic heterocycles. The van der Waals surface area contributed by atoms with Gasteiger partial charge in [-0.1, -0.05) is 91.9 Å². The highest BCUT2D eigenvalue weighted by Gasteiger charge is 2.23. The Labute approximate surface area is 309 Å². The molecule has 0 unspecified atom stereocenters. The second-order valence-electron chi connectivity index (χ2n) is 12.0. The van der Waals surface area contributed by atoms with Crippen LogP contribution in [0.1, 0.15) is 42.4 Å². The first-order chi connectivity index (χ1) is 25.3. The van der Waals surface area contributed by atoms with Gasteiger partial charge in [-0.15, -0.1) is 0 Å². The first-order valence-corrected chi connectivity index (χ1v) is 19.7. The number of amides is 1. The predicted octanol–water partition coefficient (Wildman–Crippen LogP) is 7.92. The van der Waals surface area contributed by atoms with E-state index in [0.29, 0.717) is 40.6 Å². The average Bonchev–Trinajstić information content (AvgIpc) is 3.73. The summed E-state index contributed by atoms with van der Waals surface area (Å²) in [5.41, 5.74) is 5.66. The fraction of sp³-hybridized carbons (Fsp3) is 0.175. The van der Waals surface area contributed by atoms with Crippen molar-refractivity contribution in [2.75, 3.05) is 0 Å². The maximum Gasteiger partial charge on any atom is 0.297 e. The number of hydrogen-bond acceptors (Lipinski definition) is 9. The Bertz CT molecular complexity index is 2330. The number of carbonyl (C=O) groups excluding carboxylic acids is 1. The zero-order valence-corrected chi connectivity index (χ0v) is 31.1. The van der Waals surface area contributed by atoms with Crippen molar-refractivity contribution in [2.45, 2.75) is 57.0 Å². The number of aryl methyl sites for hydroxylation is 2. The molecule has 53 heavy (non-hydrogen) atoms. The van der Waals surface area contributed by atoms with Crippen LogP contribution in [0.4, 0.5) is 0 Å². The minimum absolute atomic E-state index is 0.133. The van der Waals surface area contributed by atoms with Gasteiger partial charge in [-0.3, -0.25) is 4.79 Å². The van der Waals surface area contributed by atoms with Crippen molar-refractivity contribution in [3.8, 4) is 33.8 Å². The molecule has 0 saturated heterocycles. The number of benzene rings is 4. The molecule has 0 atom stereocenters. The summed E-state index contributed by atoms with van der Waals surface area (Å²) in [5.74, 6) is 1.69. The molecule has 1 amide bonds. The number of nitrogens with two attached hydrogens (primary N) is 1. The third-order valence-electron chi connectivity index (χ3n) is 7.98. The van der Waals surface area contributed by atoms with Crippen LogP contribution in [0.25, 0.3) is 22.3 Å². The zero-order chi connectivity index (χ0) is 38.0. The van der Waals surface area contributed by atoms with Gasteiger partial charge in [0, 0.05) is 29.7 Å². The topological polar surface area (TPSA) is 168 Å². The highest BCUT2D eigenvalue weighted by molar-refractivity contribution is 7.90. The molecular weight excluding hydrogens is 717 g/mol. The molecule has 11 nitrogen and oxygen atoms in total. The van der Waals surface area contributed by atoms with Crippen molar-refractivity contribution in [1.82, 2.24) is 4.72 Å². The number of primary sulfonamides is 1. The van der Waals surface area contributed by atoms with Gasteiger partial charge in [-0.25, -0.2) is 18.3 Å². The van der Waals surface area contributed by atoms with Gasteiger partial charge in [0.15, 0.2) is 0 Å². The molecular formula is C40H40N2O9S2. The number of nitrogens with one attached hydrogen (secondary N) is 1. The van der Waals surface area contributed by atoms with Crippen LogP contribution in [0, 0.1) is 13.8 Å². The fourth-order valence-corrected chi connectivity index (χ4v) is 6.67. The molecule has 4 aromatic carbocycles. The molecule has 0 spiro atoms. The van der Waals surface area contributed by atoms with E-state index in [2.05, 4.69) is 0 Å². The molecule has 0 radical (unpaired) electrons. The number of furan rings is 2. The quantitative estimate of drug-likeness (QED) is 0.119. The SMILES string of the molecule is CCCC(=O)NS(=O)(=O)c1cc(COc2ccc(-c3ccccc3)cc2)c(C)o1.Cc1oc(S(N)(=O)=O)cc1COc1ccc(-c2ccccc2)cc1. The summed E-state index contributed by atoms with van der Waals surface area (Å²) in [6.07, 6.45) is 0.689. The Kier molecular flexibility index (Phi) is 12.6. The first-order valence-electron chi connectivity index (χ1n) is 16.7. The summed E-state index contributed by atoms with van der Waals surface area (Å²) in [6.45, 7) is 5.48. The largest absolute Gasteiger partial charge is 0.489 e.